The second kappa shape index (κ2) is 12.4. The second-order valence-electron chi connectivity index (χ2n) is 13.6. The first-order chi connectivity index (χ1) is 25.2. The van der Waals surface area contributed by atoms with Crippen LogP contribution in [0.15, 0.2) is 154 Å². The summed E-state index contributed by atoms with van der Waals surface area (Å²) >= 11 is 0. The van der Waals surface area contributed by atoms with Crippen LogP contribution < -0.4 is 20.7 Å². The molecule has 7 nitrogen and oxygen atoms in total. The van der Waals surface area contributed by atoms with Crippen molar-refractivity contribution in [1.29, 1.82) is 0 Å². The Morgan fingerprint density at radius 1 is 0.765 bits per heavy atom. The van der Waals surface area contributed by atoms with E-state index in [9.17, 15) is 0 Å². The van der Waals surface area contributed by atoms with Crippen molar-refractivity contribution in [3.63, 3.8) is 0 Å². The van der Waals surface area contributed by atoms with E-state index in [0.29, 0.717) is 0 Å². The maximum atomic E-state index is 6.57. The van der Waals surface area contributed by atoms with Gasteiger partial charge in [-0.05, 0) is 89.9 Å². The minimum Gasteiger partial charge on any atom is -0.463 e. The van der Waals surface area contributed by atoms with E-state index in [4.69, 9.17) is 14.1 Å². The summed E-state index contributed by atoms with van der Waals surface area (Å²) in [7, 11) is 0. The fraction of sp³-hybridized carbons (Fsp3) is 0.159. The lowest BCUT2D eigenvalue weighted by Crippen LogP contribution is -2.49. The number of aromatic nitrogens is 1. The van der Waals surface area contributed by atoms with Crippen molar-refractivity contribution in [2.24, 2.45) is 4.99 Å². The SMILES string of the molecule is C1=CCCC(C2N=C(C3=CCCC=C3)NC(c3ccc4c(c3)oc3cccc(-c5ccc6c(c5)NC(c5ccc(-c7ccccc7)[nH]5)O6)c34)N2)=C1. The molecule has 0 amide bonds. The number of H-pyrrole nitrogens is 1. The molecular formula is C44H37N5O2. The molecule has 51 heavy (non-hydrogen) atoms. The number of rotatable bonds is 6. The maximum Gasteiger partial charge on any atom is 0.211 e. The third kappa shape index (κ3) is 5.47. The Balaban J connectivity index is 0.954. The summed E-state index contributed by atoms with van der Waals surface area (Å²) in [5.41, 5.74) is 11.7. The summed E-state index contributed by atoms with van der Waals surface area (Å²) in [5.74, 6) is 1.77. The summed E-state index contributed by atoms with van der Waals surface area (Å²) in [6.45, 7) is 0. The van der Waals surface area contributed by atoms with Gasteiger partial charge in [-0.2, -0.15) is 0 Å². The van der Waals surface area contributed by atoms with Crippen LogP contribution in [0.1, 0.15) is 49.3 Å². The first-order valence-corrected chi connectivity index (χ1v) is 17.8. The number of hydrogen-bond donors (Lipinski definition) is 4. The largest absolute Gasteiger partial charge is 0.463 e. The molecular weight excluding hydrogens is 631 g/mol. The van der Waals surface area contributed by atoms with Gasteiger partial charge in [-0.25, -0.2) is 4.99 Å². The Hall–Kier alpha value is -6.05. The number of fused-ring (bicyclic) bond motifs is 4. The van der Waals surface area contributed by atoms with E-state index < -0.39 is 0 Å². The number of benzene rings is 4. The lowest BCUT2D eigenvalue weighted by Gasteiger charge is -2.34. The molecule has 4 heterocycles. The van der Waals surface area contributed by atoms with Crippen molar-refractivity contribution in [3.8, 4) is 28.1 Å². The number of hydrogen-bond acceptors (Lipinski definition) is 6. The molecule has 0 fully saturated rings. The van der Waals surface area contributed by atoms with Crippen LogP contribution in [0.25, 0.3) is 44.3 Å². The molecule has 2 aliphatic carbocycles. The van der Waals surface area contributed by atoms with Crippen molar-refractivity contribution in [1.82, 2.24) is 15.6 Å². The molecule has 7 heteroatoms. The molecule has 3 unspecified atom stereocenters. The van der Waals surface area contributed by atoms with E-state index in [0.717, 1.165) is 104 Å². The van der Waals surface area contributed by atoms with Crippen LogP contribution in [0.3, 0.4) is 0 Å². The molecule has 4 aliphatic rings. The summed E-state index contributed by atoms with van der Waals surface area (Å²) in [6, 6.07) is 33.8. The number of amidine groups is 1. The quantitative estimate of drug-likeness (QED) is 0.142. The third-order valence-electron chi connectivity index (χ3n) is 10.3. The van der Waals surface area contributed by atoms with Crippen molar-refractivity contribution < 1.29 is 9.15 Å². The highest BCUT2D eigenvalue weighted by Gasteiger charge is 2.29. The average molecular weight is 668 g/mol. The number of furan rings is 1. The Morgan fingerprint density at radius 3 is 2.61 bits per heavy atom. The Labute approximate surface area is 296 Å². The minimum atomic E-state index is -0.292. The predicted molar refractivity (Wildman–Crippen MR) is 206 cm³/mol. The maximum absolute atomic E-state index is 6.57. The van der Waals surface area contributed by atoms with Gasteiger partial charge in [0.25, 0.3) is 0 Å². The Morgan fingerprint density at radius 2 is 1.73 bits per heavy atom. The molecule has 250 valence electrons. The van der Waals surface area contributed by atoms with Crippen molar-refractivity contribution in [2.45, 2.75) is 44.2 Å². The van der Waals surface area contributed by atoms with Gasteiger partial charge in [-0.3, -0.25) is 5.32 Å². The first kappa shape index (κ1) is 29.8. The first-order valence-electron chi connectivity index (χ1n) is 17.8. The van der Waals surface area contributed by atoms with Crippen LogP contribution in [0, 0.1) is 0 Å². The van der Waals surface area contributed by atoms with Gasteiger partial charge in [0.1, 0.15) is 35.1 Å². The number of ether oxygens (including phenoxy) is 1. The summed E-state index contributed by atoms with van der Waals surface area (Å²) < 4.78 is 12.9. The fourth-order valence-electron chi connectivity index (χ4n) is 7.67. The zero-order chi connectivity index (χ0) is 33.7. The van der Waals surface area contributed by atoms with Crippen LogP contribution >= 0.6 is 0 Å². The van der Waals surface area contributed by atoms with Gasteiger partial charge in [-0.1, -0.05) is 97.1 Å². The number of aromatic amines is 1. The molecule has 4 N–H and O–H groups in total. The van der Waals surface area contributed by atoms with Crippen LogP contribution in [0.2, 0.25) is 0 Å². The van der Waals surface area contributed by atoms with E-state index in [2.05, 4.69) is 136 Å². The molecule has 3 atom stereocenters. The van der Waals surface area contributed by atoms with Gasteiger partial charge in [-0.15, -0.1) is 0 Å². The van der Waals surface area contributed by atoms with Crippen molar-refractivity contribution in [3.05, 3.63) is 156 Å². The van der Waals surface area contributed by atoms with Crippen LogP contribution in [-0.4, -0.2) is 17.0 Å². The number of nitrogens with one attached hydrogen (secondary N) is 4. The van der Waals surface area contributed by atoms with Gasteiger partial charge in [0.2, 0.25) is 6.23 Å². The monoisotopic (exact) mass is 667 g/mol. The van der Waals surface area contributed by atoms with E-state index >= 15 is 0 Å². The summed E-state index contributed by atoms with van der Waals surface area (Å²) in [4.78, 5) is 8.67. The number of anilines is 1. The molecule has 2 aliphatic heterocycles. The van der Waals surface area contributed by atoms with Crippen molar-refractivity contribution >= 4 is 33.5 Å². The number of aliphatic imine (C=N–C) groups is 1. The highest BCUT2D eigenvalue weighted by Crippen LogP contribution is 2.43. The van der Waals surface area contributed by atoms with Crippen LogP contribution in [-0.2, 0) is 0 Å². The minimum absolute atomic E-state index is 0.0923. The van der Waals surface area contributed by atoms with Crippen LogP contribution in [0.4, 0.5) is 5.69 Å². The molecule has 0 spiro atoms. The number of nitrogens with zero attached hydrogens (tertiary/aromatic N) is 1. The third-order valence-corrected chi connectivity index (χ3v) is 10.3. The molecule has 0 bridgehead atoms. The molecule has 0 radical (unpaired) electrons. The predicted octanol–water partition coefficient (Wildman–Crippen LogP) is 10.2. The summed E-state index contributed by atoms with van der Waals surface area (Å²) in [5, 5.41) is 13.3. The molecule has 6 aromatic rings. The van der Waals surface area contributed by atoms with E-state index in [1.54, 1.807) is 0 Å². The smallest absolute Gasteiger partial charge is 0.211 e. The average Bonchev–Trinajstić information content (AvgIpc) is 3.95. The molecule has 4 aromatic carbocycles. The highest BCUT2D eigenvalue weighted by atomic mass is 16.5. The molecule has 2 aromatic heterocycles. The molecule has 0 saturated heterocycles. The highest BCUT2D eigenvalue weighted by molar-refractivity contribution is 6.12. The standard InChI is InChI=1S/C44H37N5O2/c1-4-11-27(12-5-1)34-22-23-35(45-34)44-46-36-25-30(20-24-37(36)51-44)32-17-10-18-38-40(32)33-21-19-31(26-39(33)50-38)43-48-41(28-13-6-2-7-14-28)47-42(49-43)29-15-8-3-9-16-29/h1-2,4-6,8,10-13,15-26,41,43-46,48H,3,7,9,14H2,(H,47,49). The van der Waals surface area contributed by atoms with Gasteiger partial charge >= 0.3 is 0 Å². The second-order valence-corrected chi connectivity index (χ2v) is 13.6. The summed E-state index contributed by atoms with van der Waals surface area (Å²) in [6.07, 6.45) is 16.9. The van der Waals surface area contributed by atoms with E-state index in [1.807, 2.05) is 18.2 Å². The van der Waals surface area contributed by atoms with Gasteiger partial charge in [0.05, 0.1) is 11.4 Å². The van der Waals surface area contributed by atoms with Gasteiger partial charge in [0, 0.05) is 22.0 Å². The van der Waals surface area contributed by atoms with Crippen LogP contribution in [0.5, 0.6) is 5.75 Å². The normalized spacial score (nSPS) is 21.0. The lowest BCUT2D eigenvalue weighted by atomic mass is 9.97. The van der Waals surface area contributed by atoms with Crippen molar-refractivity contribution in [2.75, 3.05) is 5.32 Å². The topological polar surface area (TPSA) is 86.6 Å². The van der Waals surface area contributed by atoms with E-state index in [-0.39, 0.29) is 18.6 Å². The number of allylic oxidation sites excluding steroid dienone is 5. The van der Waals surface area contributed by atoms with Gasteiger partial charge in [0.15, 0.2) is 0 Å². The fourth-order valence-corrected chi connectivity index (χ4v) is 7.67. The molecule has 0 saturated carbocycles. The van der Waals surface area contributed by atoms with Gasteiger partial charge < -0.3 is 24.8 Å². The Bertz CT molecular complexity index is 2460. The zero-order valence-corrected chi connectivity index (χ0v) is 28.0. The molecule has 10 rings (SSSR count). The lowest BCUT2D eigenvalue weighted by molar-refractivity contribution is 0.255. The Kier molecular flexibility index (Phi) is 7.24. The zero-order valence-electron chi connectivity index (χ0n) is 28.0. The van der Waals surface area contributed by atoms with E-state index in [1.165, 1.54) is 5.57 Å².